The summed E-state index contributed by atoms with van der Waals surface area (Å²) < 4.78 is 0. The Morgan fingerprint density at radius 1 is 1.70 bits per heavy atom. The van der Waals surface area contributed by atoms with Gasteiger partial charge in [-0.1, -0.05) is 6.07 Å². The van der Waals surface area contributed by atoms with E-state index in [-0.39, 0.29) is 6.04 Å². The van der Waals surface area contributed by atoms with Gasteiger partial charge in [0.2, 0.25) is 0 Å². The van der Waals surface area contributed by atoms with Crippen LogP contribution in [0.2, 0.25) is 0 Å². The number of aliphatic hydroxyl groups excluding tert-OH is 1. The zero-order valence-electron chi connectivity index (χ0n) is 5.82. The van der Waals surface area contributed by atoms with Crippen molar-refractivity contribution in [2.24, 2.45) is 5.73 Å². The third kappa shape index (κ3) is 1.56. The van der Waals surface area contributed by atoms with Crippen LogP contribution in [0.15, 0.2) is 17.5 Å². The molecule has 0 saturated heterocycles. The fraction of sp³-hybridized carbons (Fsp3) is 0.429. The molecule has 1 aromatic heterocycles. The summed E-state index contributed by atoms with van der Waals surface area (Å²) in [7, 11) is 0. The van der Waals surface area contributed by atoms with Crippen LogP contribution in [0.25, 0.3) is 0 Å². The average Bonchev–Trinajstić information content (AvgIpc) is 2.36. The number of rotatable bonds is 2. The first kappa shape index (κ1) is 7.72. The van der Waals surface area contributed by atoms with Gasteiger partial charge in [-0.25, -0.2) is 0 Å². The van der Waals surface area contributed by atoms with Crippen molar-refractivity contribution in [1.82, 2.24) is 0 Å². The van der Waals surface area contributed by atoms with E-state index in [4.69, 9.17) is 10.8 Å². The summed E-state index contributed by atoms with van der Waals surface area (Å²) in [5.74, 6) is 0. The fourth-order valence-electron chi connectivity index (χ4n) is 0.719. The van der Waals surface area contributed by atoms with E-state index in [1.165, 1.54) is 0 Å². The van der Waals surface area contributed by atoms with Crippen molar-refractivity contribution >= 4 is 11.3 Å². The molecule has 0 spiro atoms. The number of hydrogen-bond acceptors (Lipinski definition) is 3. The van der Waals surface area contributed by atoms with Gasteiger partial charge < -0.3 is 10.8 Å². The van der Waals surface area contributed by atoms with Crippen molar-refractivity contribution in [3.8, 4) is 0 Å². The van der Waals surface area contributed by atoms with E-state index in [1.807, 2.05) is 17.5 Å². The third-order valence-corrected chi connectivity index (χ3v) is 2.37. The van der Waals surface area contributed by atoms with Crippen LogP contribution in [-0.4, -0.2) is 11.2 Å². The molecule has 0 aromatic carbocycles. The van der Waals surface area contributed by atoms with Crippen molar-refractivity contribution in [3.05, 3.63) is 22.4 Å². The van der Waals surface area contributed by atoms with Gasteiger partial charge in [-0.15, -0.1) is 11.3 Å². The molecule has 2 atom stereocenters. The molecule has 56 valence electrons. The predicted octanol–water partition coefficient (Wildman–Crippen LogP) is 1.13. The highest BCUT2D eigenvalue weighted by Crippen LogP contribution is 2.18. The van der Waals surface area contributed by atoms with E-state index in [0.29, 0.717) is 0 Å². The van der Waals surface area contributed by atoms with E-state index in [1.54, 1.807) is 18.3 Å². The quantitative estimate of drug-likeness (QED) is 0.676. The minimum atomic E-state index is -0.460. The second-order valence-corrected chi connectivity index (χ2v) is 3.26. The first-order valence-corrected chi connectivity index (χ1v) is 4.07. The largest absolute Gasteiger partial charge is 0.391 e. The van der Waals surface area contributed by atoms with E-state index in [0.717, 1.165) is 4.88 Å². The van der Waals surface area contributed by atoms with Gasteiger partial charge in [-0.05, 0) is 18.4 Å². The zero-order valence-corrected chi connectivity index (χ0v) is 6.64. The molecule has 3 N–H and O–H groups in total. The van der Waals surface area contributed by atoms with Crippen molar-refractivity contribution in [2.45, 2.75) is 19.1 Å². The molecule has 1 aromatic rings. The van der Waals surface area contributed by atoms with E-state index < -0.39 is 6.10 Å². The lowest BCUT2D eigenvalue weighted by molar-refractivity contribution is 0.165. The minimum Gasteiger partial charge on any atom is -0.391 e. The minimum absolute atomic E-state index is 0.222. The molecule has 0 saturated carbocycles. The Balaban J connectivity index is 2.68. The van der Waals surface area contributed by atoms with Crippen molar-refractivity contribution in [2.75, 3.05) is 0 Å². The molecule has 2 nitrogen and oxygen atoms in total. The molecule has 0 radical (unpaired) electrons. The first-order chi connectivity index (χ1) is 4.72. The maximum atomic E-state index is 9.07. The molecule has 3 heteroatoms. The molecule has 1 rings (SSSR count). The molecule has 1 unspecified atom stereocenters. The Morgan fingerprint density at radius 3 is 2.80 bits per heavy atom. The van der Waals surface area contributed by atoms with Gasteiger partial charge in [-0.3, -0.25) is 0 Å². The van der Waals surface area contributed by atoms with Crippen LogP contribution >= 0.6 is 11.3 Å². The van der Waals surface area contributed by atoms with Gasteiger partial charge in [0.1, 0.15) is 0 Å². The molecule has 10 heavy (non-hydrogen) atoms. The Labute approximate surface area is 64.3 Å². The van der Waals surface area contributed by atoms with Gasteiger partial charge in [-0.2, -0.15) is 0 Å². The normalized spacial score (nSPS) is 16.7. The maximum absolute atomic E-state index is 9.07. The zero-order chi connectivity index (χ0) is 7.56. The second-order valence-electron chi connectivity index (χ2n) is 2.28. The Hall–Kier alpha value is -0.380. The van der Waals surface area contributed by atoms with Crippen LogP contribution in [0.3, 0.4) is 0 Å². The van der Waals surface area contributed by atoms with Gasteiger partial charge in [0, 0.05) is 4.88 Å². The first-order valence-electron chi connectivity index (χ1n) is 3.19. The van der Waals surface area contributed by atoms with E-state index >= 15 is 0 Å². The molecule has 0 amide bonds. The molecule has 0 bridgehead atoms. The summed E-state index contributed by atoms with van der Waals surface area (Å²) in [5.41, 5.74) is 5.64. The maximum Gasteiger partial charge on any atom is 0.0712 e. The van der Waals surface area contributed by atoms with Crippen LogP contribution < -0.4 is 5.73 Å². The van der Waals surface area contributed by atoms with Crippen molar-refractivity contribution < 1.29 is 5.11 Å². The monoisotopic (exact) mass is 157 g/mol. The highest BCUT2D eigenvalue weighted by Gasteiger charge is 2.11. The Kier molecular flexibility index (Phi) is 2.43. The molecular weight excluding hydrogens is 146 g/mol. The lowest BCUT2D eigenvalue weighted by atomic mass is 10.2. The standard InChI is InChI=1S/C7H11NOS/c1-5(9)7(8)6-3-2-4-10-6/h2-5,7,9H,8H2,1H3/t5?,7-/m0/s1. The molecule has 0 aliphatic rings. The smallest absolute Gasteiger partial charge is 0.0712 e. The summed E-state index contributed by atoms with van der Waals surface area (Å²) in [4.78, 5) is 1.04. The average molecular weight is 157 g/mol. The predicted molar refractivity (Wildman–Crippen MR) is 42.9 cm³/mol. The molecule has 0 fully saturated rings. The highest BCUT2D eigenvalue weighted by molar-refractivity contribution is 7.10. The molecule has 0 aliphatic carbocycles. The van der Waals surface area contributed by atoms with Crippen LogP contribution in [-0.2, 0) is 0 Å². The topological polar surface area (TPSA) is 46.2 Å². The van der Waals surface area contributed by atoms with Gasteiger partial charge >= 0.3 is 0 Å². The van der Waals surface area contributed by atoms with Crippen LogP contribution in [0.1, 0.15) is 17.8 Å². The Morgan fingerprint density at radius 2 is 2.40 bits per heavy atom. The van der Waals surface area contributed by atoms with E-state index in [9.17, 15) is 0 Å². The second kappa shape index (κ2) is 3.14. The molecule has 1 heterocycles. The van der Waals surface area contributed by atoms with Crippen LogP contribution in [0.4, 0.5) is 0 Å². The SMILES string of the molecule is CC(O)[C@H](N)c1cccs1. The van der Waals surface area contributed by atoms with Gasteiger partial charge in [0.05, 0.1) is 12.1 Å². The summed E-state index contributed by atoms with van der Waals surface area (Å²) in [6, 6.07) is 3.64. The third-order valence-electron chi connectivity index (χ3n) is 1.39. The summed E-state index contributed by atoms with van der Waals surface area (Å²) in [6.45, 7) is 1.70. The Bertz CT molecular complexity index is 183. The van der Waals surface area contributed by atoms with Gasteiger partial charge in [0.15, 0.2) is 0 Å². The van der Waals surface area contributed by atoms with Crippen molar-refractivity contribution in [1.29, 1.82) is 0 Å². The van der Waals surface area contributed by atoms with Gasteiger partial charge in [0.25, 0.3) is 0 Å². The number of nitrogens with two attached hydrogens (primary N) is 1. The number of thiophene rings is 1. The lowest BCUT2D eigenvalue weighted by Crippen LogP contribution is -2.21. The van der Waals surface area contributed by atoms with E-state index in [2.05, 4.69) is 0 Å². The summed E-state index contributed by atoms with van der Waals surface area (Å²) in [6.07, 6.45) is -0.460. The lowest BCUT2D eigenvalue weighted by Gasteiger charge is -2.11. The molecular formula is C7H11NOS. The fourth-order valence-corrected chi connectivity index (χ4v) is 1.54. The summed E-state index contributed by atoms with van der Waals surface area (Å²) >= 11 is 1.57. The highest BCUT2D eigenvalue weighted by atomic mass is 32.1. The van der Waals surface area contributed by atoms with Crippen LogP contribution in [0, 0.1) is 0 Å². The summed E-state index contributed by atoms with van der Waals surface area (Å²) in [5, 5.41) is 11.0. The molecule has 0 aliphatic heterocycles. The number of aliphatic hydroxyl groups is 1. The van der Waals surface area contributed by atoms with Crippen LogP contribution in [0.5, 0.6) is 0 Å². The number of hydrogen-bond donors (Lipinski definition) is 2. The van der Waals surface area contributed by atoms with Crippen molar-refractivity contribution in [3.63, 3.8) is 0 Å².